The molecule has 1 aromatic carbocycles. The summed E-state index contributed by atoms with van der Waals surface area (Å²) >= 11 is 6.03. The van der Waals surface area contributed by atoms with Gasteiger partial charge in [0.1, 0.15) is 0 Å². The maximum absolute atomic E-state index is 11.7. The number of hydrogen-bond donors (Lipinski definition) is 1. The Kier molecular flexibility index (Phi) is 5.81. The number of aromatic nitrogens is 2. The minimum atomic E-state index is -0.941. The van der Waals surface area contributed by atoms with Gasteiger partial charge in [0.2, 0.25) is 5.95 Å². The Morgan fingerprint density at radius 3 is 2.61 bits per heavy atom. The first-order valence-electron chi connectivity index (χ1n) is 10.2. The molecule has 2 aliphatic rings. The number of aromatic carboxylic acids is 1. The first-order chi connectivity index (χ1) is 13.6. The molecule has 1 saturated heterocycles. The van der Waals surface area contributed by atoms with Crippen LogP contribution in [-0.2, 0) is 6.42 Å². The molecule has 4 rings (SSSR count). The molecule has 2 aromatic rings. The van der Waals surface area contributed by atoms with Crippen LogP contribution in [-0.4, -0.2) is 27.6 Å². The minimum absolute atomic E-state index is 0.204. The minimum Gasteiger partial charge on any atom is -0.478 e. The molecule has 1 aromatic heterocycles. The van der Waals surface area contributed by atoms with E-state index in [-0.39, 0.29) is 11.6 Å². The molecule has 0 radical (unpaired) electrons. The molecule has 5 nitrogen and oxygen atoms in total. The van der Waals surface area contributed by atoms with Gasteiger partial charge < -0.3 is 10.0 Å². The van der Waals surface area contributed by atoms with Crippen molar-refractivity contribution in [2.75, 3.05) is 11.4 Å². The Morgan fingerprint density at radius 2 is 1.89 bits per heavy atom. The molecule has 6 heteroatoms. The van der Waals surface area contributed by atoms with Gasteiger partial charge in [-0.25, -0.2) is 14.8 Å². The number of hydrogen-bond acceptors (Lipinski definition) is 4. The maximum Gasteiger partial charge on any atom is 0.339 e. The molecule has 1 N–H and O–H groups in total. The van der Waals surface area contributed by atoms with E-state index >= 15 is 0 Å². The summed E-state index contributed by atoms with van der Waals surface area (Å²) in [4.78, 5) is 23.0. The van der Waals surface area contributed by atoms with Gasteiger partial charge in [0.15, 0.2) is 0 Å². The summed E-state index contributed by atoms with van der Waals surface area (Å²) in [7, 11) is 0. The van der Waals surface area contributed by atoms with Gasteiger partial charge in [-0.05, 0) is 49.3 Å². The number of anilines is 1. The second-order valence-electron chi connectivity index (χ2n) is 7.93. The van der Waals surface area contributed by atoms with Gasteiger partial charge in [0.25, 0.3) is 0 Å². The van der Waals surface area contributed by atoms with Crippen LogP contribution >= 0.6 is 11.6 Å². The quantitative estimate of drug-likeness (QED) is 0.714. The predicted octanol–water partition coefficient (Wildman–Crippen LogP) is 5.29. The second kappa shape index (κ2) is 8.48. The standard InChI is InChI=1S/C22H26ClN3O2/c23-17-10-8-16(9-11-17)20-6-3-13-26(20)22-24-14-18(21(27)28)19(25-22)12-7-15-4-1-2-5-15/h8-11,14-15,20H,1-7,12-13H2,(H,27,28)/t20-/m1/s1. The first-order valence-corrected chi connectivity index (χ1v) is 10.6. The van der Waals surface area contributed by atoms with Crippen molar-refractivity contribution in [1.29, 1.82) is 0 Å². The number of nitrogens with zero attached hydrogens (tertiary/aromatic N) is 3. The monoisotopic (exact) mass is 399 g/mol. The summed E-state index contributed by atoms with van der Waals surface area (Å²) in [6.45, 7) is 0.877. The van der Waals surface area contributed by atoms with E-state index in [0.29, 0.717) is 24.0 Å². The molecule has 1 aliphatic heterocycles. The second-order valence-corrected chi connectivity index (χ2v) is 8.36. The van der Waals surface area contributed by atoms with Gasteiger partial charge in [-0.2, -0.15) is 0 Å². The predicted molar refractivity (Wildman–Crippen MR) is 110 cm³/mol. The zero-order valence-electron chi connectivity index (χ0n) is 16.0. The van der Waals surface area contributed by atoms with Crippen molar-refractivity contribution in [3.05, 3.63) is 52.3 Å². The van der Waals surface area contributed by atoms with E-state index < -0.39 is 5.97 Å². The Hall–Kier alpha value is -2.14. The van der Waals surface area contributed by atoms with Crippen LogP contribution in [0.1, 0.15) is 72.6 Å². The Labute approximate surface area is 170 Å². The van der Waals surface area contributed by atoms with E-state index in [2.05, 4.69) is 22.0 Å². The highest BCUT2D eigenvalue weighted by Gasteiger charge is 2.29. The maximum atomic E-state index is 11.7. The number of aryl methyl sites for hydroxylation is 1. The Bertz CT molecular complexity index is 834. The molecule has 28 heavy (non-hydrogen) atoms. The molecule has 1 atom stereocenters. The van der Waals surface area contributed by atoms with E-state index in [1.807, 2.05) is 12.1 Å². The lowest BCUT2D eigenvalue weighted by Crippen LogP contribution is -2.25. The van der Waals surface area contributed by atoms with Gasteiger partial charge >= 0.3 is 5.97 Å². The lowest BCUT2D eigenvalue weighted by Gasteiger charge is -2.25. The largest absolute Gasteiger partial charge is 0.478 e. The van der Waals surface area contributed by atoms with Crippen molar-refractivity contribution in [2.45, 2.75) is 57.4 Å². The molecule has 0 bridgehead atoms. The van der Waals surface area contributed by atoms with Gasteiger partial charge in [0.05, 0.1) is 17.3 Å². The van der Waals surface area contributed by atoms with Crippen molar-refractivity contribution >= 4 is 23.5 Å². The summed E-state index contributed by atoms with van der Waals surface area (Å²) < 4.78 is 0. The zero-order chi connectivity index (χ0) is 19.5. The van der Waals surface area contributed by atoms with E-state index in [0.717, 1.165) is 30.8 Å². The number of carboxylic acids is 1. The van der Waals surface area contributed by atoms with Crippen LogP contribution in [0.4, 0.5) is 5.95 Å². The van der Waals surface area contributed by atoms with Crippen LogP contribution in [0, 0.1) is 5.92 Å². The average Bonchev–Trinajstić information content (AvgIpc) is 3.38. The highest BCUT2D eigenvalue weighted by molar-refractivity contribution is 6.30. The summed E-state index contributed by atoms with van der Waals surface area (Å²) in [5.74, 6) is 0.404. The van der Waals surface area contributed by atoms with Crippen molar-refractivity contribution in [3.63, 3.8) is 0 Å². The first kappa shape index (κ1) is 19.2. The van der Waals surface area contributed by atoms with Crippen molar-refractivity contribution in [2.24, 2.45) is 5.92 Å². The van der Waals surface area contributed by atoms with E-state index in [1.54, 1.807) is 0 Å². The molecule has 0 unspecified atom stereocenters. The van der Waals surface area contributed by atoms with Gasteiger partial charge in [-0.15, -0.1) is 0 Å². The van der Waals surface area contributed by atoms with Crippen LogP contribution in [0.25, 0.3) is 0 Å². The third kappa shape index (κ3) is 4.14. The van der Waals surface area contributed by atoms with Crippen LogP contribution < -0.4 is 4.90 Å². The van der Waals surface area contributed by atoms with Crippen molar-refractivity contribution < 1.29 is 9.90 Å². The summed E-state index contributed by atoms with van der Waals surface area (Å²) in [6.07, 6.45) is 10.4. The van der Waals surface area contributed by atoms with Crippen molar-refractivity contribution in [3.8, 4) is 0 Å². The average molecular weight is 400 g/mol. The molecule has 0 spiro atoms. The highest BCUT2D eigenvalue weighted by atomic mass is 35.5. The molecule has 2 heterocycles. The molecular weight excluding hydrogens is 374 g/mol. The number of carbonyl (C=O) groups is 1. The van der Waals surface area contributed by atoms with Crippen LogP contribution in [0.15, 0.2) is 30.5 Å². The molecule has 1 saturated carbocycles. The summed E-state index contributed by atoms with van der Waals surface area (Å²) in [5, 5.41) is 10.3. The third-order valence-electron chi connectivity index (χ3n) is 6.11. The fourth-order valence-corrected chi connectivity index (χ4v) is 4.72. The smallest absolute Gasteiger partial charge is 0.339 e. The molecule has 2 fully saturated rings. The zero-order valence-corrected chi connectivity index (χ0v) is 16.7. The van der Waals surface area contributed by atoms with Crippen molar-refractivity contribution in [1.82, 2.24) is 9.97 Å². The lowest BCUT2D eigenvalue weighted by molar-refractivity contribution is 0.0694. The van der Waals surface area contributed by atoms with E-state index in [9.17, 15) is 9.90 Å². The number of carboxylic acid groups (broad SMARTS) is 1. The van der Waals surface area contributed by atoms with E-state index in [1.165, 1.54) is 37.4 Å². The highest BCUT2D eigenvalue weighted by Crippen LogP contribution is 2.35. The summed E-state index contributed by atoms with van der Waals surface area (Å²) in [6, 6.07) is 8.13. The van der Waals surface area contributed by atoms with Crippen LogP contribution in [0.5, 0.6) is 0 Å². The van der Waals surface area contributed by atoms with Gasteiger partial charge in [-0.3, -0.25) is 0 Å². The molecule has 148 valence electrons. The Morgan fingerprint density at radius 1 is 1.14 bits per heavy atom. The molecule has 0 amide bonds. The normalized spacial score (nSPS) is 20.0. The van der Waals surface area contributed by atoms with Crippen LogP contribution in [0.3, 0.4) is 0 Å². The summed E-state index contributed by atoms with van der Waals surface area (Å²) in [5.41, 5.74) is 2.11. The van der Waals surface area contributed by atoms with Gasteiger partial charge in [0, 0.05) is 17.8 Å². The van der Waals surface area contributed by atoms with Crippen LogP contribution in [0.2, 0.25) is 5.02 Å². The third-order valence-corrected chi connectivity index (χ3v) is 6.37. The fourth-order valence-electron chi connectivity index (χ4n) is 4.59. The molecular formula is C22H26ClN3O2. The number of rotatable bonds is 6. The molecule has 1 aliphatic carbocycles. The SMILES string of the molecule is O=C(O)c1cnc(N2CCC[C@@H]2c2ccc(Cl)cc2)nc1CCC1CCCC1. The van der Waals surface area contributed by atoms with E-state index in [4.69, 9.17) is 16.6 Å². The van der Waals surface area contributed by atoms with Gasteiger partial charge in [-0.1, -0.05) is 49.4 Å². The Balaban J connectivity index is 1.58. The lowest BCUT2D eigenvalue weighted by atomic mass is 9.99. The topological polar surface area (TPSA) is 66.3 Å². The number of benzene rings is 1. The fraction of sp³-hybridized carbons (Fsp3) is 0.500. The number of halogens is 1.